The molecular formula is C20H27NO3S. The molecule has 5 heteroatoms. The van der Waals surface area contributed by atoms with Crippen molar-refractivity contribution in [3.05, 3.63) is 16.0 Å². The number of hydrogen-bond donors (Lipinski definition) is 1. The first-order valence-electron chi connectivity index (χ1n) is 9.69. The zero-order chi connectivity index (χ0) is 17.6. The third-order valence-corrected chi connectivity index (χ3v) is 7.24. The molecule has 0 radical (unpaired) electrons. The Labute approximate surface area is 153 Å². The number of rotatable bonds is 4. The number of carbonyl (C=O) groups is 2. The van der Waals surface area contributed by atoms with Gasteiger partial charge in [-0.15, -0.1) is 11.3 Å². The van der Waals surface area contributed by atoms with Crippen molar-refractivity contribution in [3.8, 4) is 0 Å². The Bertz CT molecular complexity index is 693. The van der Waals surface area contributed by atoms with Crippen LogP contribution >= 0.6 is 11.3 Å². The summed E-state index contributed by atoms with van der Waals surface area (Å²) in [5.74, 6) is 1.25. The lowest BCUT2D eigenvalue weighted by molar-refractivity contribution is -0.121. The van der Waals surface area contributed by atoms with Crippen LogP contribution in [0, 0.1) is 17.8 Å². The Morgan fingerprint density at radius 2 is 1.96 bits per heavy atom. The van der Waals surface area contributed by atoms with Gasteiger partial charge in [0.25, 0.3) is 0 Å². The van der Waals surface area contributed by atoms with Crippen LogP contribution in [0.1, 0.15) is 73.2 Å². The molecule has 1 amide bonds. The maximum absolute atomic E-state index is 12.9. The van der Waals surface area contributed by atoms with E-state index in [-0.39, 0.29) is 23.9 Å². The van der Waals surface area contributed by atoms with E-state index in [0.717, 1.165) is 48.6 Å². The monoisotopic (exact) mass is 361 g/mol. The molecule has 1 N–H and O–H groups in total. The molecular weight excluding hydrogens is 334 g/mol. The molecule has 3 aliphatic carbocycles. The topological polar surface area (TPSA) is 55.4 Å². The zero-order valence-corrected chi connectivity index (χ0v) is 15.9. The van der Waals surface area contributed by atoms with Crippen molar-refractivity contribution in [2.45, 2.75) is 71.3 Å². The maximum Gasteiger partial charge on any atom is 0.341 e. The first-order valence-corrected chi connectivity index (χ1v) is 10.5. The second-order valence-electron chi connectivity index (χ2n) is 8.14. The molecule has 0 spiro atoms. The summed E-state index contributed by atoms with van der Waals surface area (Å²) in [6.07, 6.45) is 8.73. The van der Waals surface area contributed by atoms with Crippen LogP contribution in [-0.2, 0) is 22.4 Å². The van der Waals surface area contributed by atoms with Gasteiger partial charge in [-0.1, -0.05) is 6.42 Å². The number of esters is 1. The third kappa shape index (κ3) is 3.23. The molecule has 0 unspecified atom stereocenters. The molecule has 4 rings (SSSR count). The van der Waals surface area contributed by atoms with Crippen LogP contribution in [-0.4, -0.2) is 18.0 Å². The molecule has 25 heavy (non-hydrogen) atoms. The van der Waals surface area contributed by atoms with Crippen LogP contribution in [0.15, 0.2) is 0 Å². The van der Waals surface area contributed by atoms with E-state index in [9.17, 15) is 9.59 Å². The summed E-state index contributed by atoms with van der Waals surface area (Å²) < 4.78 is 5.47. The van der Waals surface area contributed by atoms with Crippen molar-refractivity contribution in [1.82, 2.24) is 0 Å². The van der Waals surface area contributed by atoms with Gasteiger partial charge in [-0.2, -0.15) is 0 Å². The van der Waals surface area contributed by atoms with Crippen molar-refractivity contribution in [1.29, 1.82) is 0 Å². The second-order valence-corrected chi connectivity index (χ2v) is 9.24. The molecule has 0 saturated heterocycles. The number of carbonyl (C=O) groups excluding carboxylic acids is 2. The molecule has 2 saturated carbocycles. The number of fused-ring (bicyclic) bond motifs is 3. The Morgan fingerprint density at radius 3 is 2.64 bits per heavy atom. The largest absolute Gasteiger partial charge is 0.459 e. The Morgan fingerprint density at radius 1 is 1.16 bits per heavy atom. The van der Waals surface area contributed by atoms with E-state index in [2.05, 4.69) is 5.32 Å². The van der Waals surface area contributed by atoms with E-state index in [1.807, 2.05) is 13.8 Å². The van der Waals surface area contributed by atoms with Crippen LogP contribution < -0.4 is 5.32 Å². The van der Waals surface area contributed by atoms with Gasteiger partial charge in [-0.05, 0) is 76.2 Å². The molecule has 1 aromatic rings. The van der Waals surface area contributed by atoms with E-state index < -0.39 is 0 Å². The standard InChI is InChI=1S/C20H27NO3S/c1-11(2)24-20(23)17-14-5-3-4-6-16(14)25-19(17)21-18(22)15-10-12-7-8-13(15)9-12/h11-13,15H,3-10H2,1-2H3,(H,21,22)/t12-,13-,15-/m1/s1. The molecule has 1 heterocycles. The van der Waals surface area contributed by atoms with E-state index in [1.54, 1.807) is 11.3 Å². The van der Waals surface area contributed by atoms with Gasteiger partial charge in [0.1, 0.15) is 5.00 Å². The highest BCUT2D eigenvalue weighted by atomic mass is 32.1. The number of ether oxygens (including phenoxy) is 1. The highest BCUT2D eigenvalue weighted by molar-refractivity contribution is 7.17. The lowest BCUT2D eigenvalue weighted by atomic mass is 9.88. The average Bonchev–Trinajstić information content (AvgIpc) is 3.27. The summed E-state index contributed by atoms with van der Waals surface area (Å²) >= 11 is 1.59. The van der Waals surface area contributed by atoms with E-state index in [0.29, 0.717) is 11.5 Å². The van der Waals surface area contributed by atoms with Gasteiger partial charge in [0.15, 0.2) is 0 Å². The summed E-state index contributed by atoms with van der Waals surface area (Å²) in [4.78, 5) is 26.8. The highest BCUT2D eigenvalue weighted by Crippen LogP contribution is 2.49. The Kier molecular flexibility index (Phi) is 4.61. The van der Waals surface area contributed by atoms with E-state index in [1.165, 1.54) is 24.1 Å². The maximum atomic E-state index is 12.9. The number of hydrogen-bond acceptors (Lipinski definition) is 4. The first-order chi connectivity index (χ1) is 12.0. The first kappa shape index (κ1) is 17.1. The summed E-state index contributed by atoms with van der Waals surface area (Å²) in [5.41, 5.74) is 1.75. The summed E-state index contributed by atoms with van der Waals surface area (Å²) in [5, 5.41) is 3.85. The van der Waals surface area contributed by atoms with Gasteiger partial charge in [0.05, 0.1) is 11.7 Å². The van der Waals surface area contributed by atoms with Crippen molar-refractivity contribution in [3.63, 3.8) is 0 Å². The fourth-order valence-corrected chi connectivity index (χ4v) is 6.19. The third-order valence-electron chi connectivity index (χ3n) is 6.03. The fourth-order valence-electron chi connectivity index (χ4n) is 4.91. The minimum absolute atomic E-state index is 0.115. The molecule has 2 bridgehead atoms. The Balaban J connectivity index is 1.58. The SMILES string of the molecule is CC(C)OC(=O)c1c(NC(=O)[C@@H]2C[C@@H]3CC[C@@H]2C3)sc2c1CCCC2. The molecule has 1 aromatic heterocycles. The van der Waals surface area contributed by atoms with Gasteiger partial charge in [-0.25, -0.2) is 4.79 Å². The number of anilines is 1. The van der Waals surface area contributed by atoms with Gasteiger partial charge >= 0.3 is 5.97 Å². The summed E-state index contributed by atoms with van der Waals surface area (Å²) in [6.45, 7) is 3.73. The Hall–Kier alpha value is -1.36. The molecule has 2 fully saturated rings. The van der Waals surface area contributed by atoms with Crippen molar-refractivity contribution < 1.29 is 14.3 Å². The van der Waals surface area contributed by atoms with Crippen LogP contribution in [0.4, 0.5) is 5.00 Å². The van der Waals surface area contributed by atoms with Gasteiger partial charge < -0.3 is 10.1 Å². The fraction of sp³-hybridized carbons (Fsp3) is 0.700. The summed E-state index contributed by atoms with van der Waals surface area (Å²) in [7, 11) is 0. The predicted octanol–water partition coefficient (Wildman–Crippen LogP) is 4.57. The number of amides is 1. The molecule has 4 nitrogen and oxygen atoms in total. The lowest BCUT2D eigenvalue weighted by Crippen LogP contribution is -2.27. The van der Waals surface area contributed by atoms with Crippen molar-refractivity contribution >= 4 is 28.2 Å². The van der Waals surface area contributed by atoms with Gasteiger partial charge in [0.2, 0.25) is 5.91 Å². The molecule has 3 atom stereocenters. The minimum Gasteiger partial charge on any atom is -0.459 e. The van der Waals surface area contributed by atoms with Crippen molar-refractivity contribution in [2.24, 2.45) is 17.8 Å². The minimum atomic E-state index is -0.280. The molecule has 136 valence electrons. The zero-order valence-electron chi connectivity index (χ0n) is 15.1. The van der Waals surface area contributed by atoms with Crippen LogP contribution in [0.3, 0.4) is 0 Å². The lowest BCUT2D eigenvalue weighted by Gasteiger charge is -2.20. The van der Waals surface area contributed by atoms with Gasteiger partial charge in [-0.3, -0.25) is 4.79 Å². The quantitative estimate of drug-likeness (QED) is 0.800. The number of nitrogens with one attached hydrogen (secondary N) is 1. The molecule has 0 aromatic carbocycles. The molecule has 0 aliphatic heterocycles. The van der Waals surface area contributed by atoms with E-state index in [4.69, 9.17) is 4.74 Å². The summed E-state index contributed by atoms with van der Waals surface area (Å²) in [6, 6.07) is 0. The smallest absolute Gasteiger partial charge is 0.341 e. The van der Waals surface area contributed by atoms with E-state index >= 15 is 0 Å². The van der Waals surface area contributed by atoms with Crippen molar-refractivity contribution in [2.75, 3.05) is 5.32 Å². The van der Waals surface area contributed by atoms with Gasteiger partial charge in [0, 0.05) is 10.8 Å². The van der Waals surface area contributed by atoms with Crippen LogP contribution in [0.25, 0.3) is 0 Å². The molecule has 3 aliphatic rings. The second kappa shape index (κ2) is 6.75. The number of thiophene rings is 1. The predicted molar refractivity (Wildman–Crippen MR) is 99.1 cm³/mol. The average molecular weight is 362 g/mol. The normalized spacial score (nSPS) is 27.4. The number of aryl methyl sites for hydroxylation is 1. The highest BCUT2D eigenvalue weighted by Gasteiger charge is 2.43. The van der Waals surface area contributed by atoms with Crippen LogP contribution in [0.2, 0.25) is 0 Å². The van der Waals surface area contributed by atoms with Crippen LogP contribution in [0.5, 0.6) is 0 Å².